The van der Waals surface area contributed by atoms with Crippen LogP contribution in [-0.4, -0.2) is 10.2 Å². The Morgan fingerprint density at radius 3 is 2.56 bits per heavy atom. The summed E-state index contributed by atoms with van der Waals surface area (Å²) in [5.74, 6) is 6.92. The second-order valence-corrected chi connectivity index (χ2v) is 9.45. The van der Waals surface area contributed by atoms with Crippen LogP contribution in [0.3, 0.4) is 0 Å². The van der Waals surface area contributed by atoms with Crippen molar-refractivity contribution in [2.75, 3.05) is 10.6 Å². The number of benzene rings is 3. The number of nitrogens with zero attached hydrogens (tertiary/aromatic N) is 1. The van der Waals surface area contributed by atoms with Crippen LogP contribution >= 0.6 is 0 Å². The summed E-state index contributed by atoms with van der Waals surface area (Å²) in [4.78, 5) is 0. The maximum absolute atomic E-state index is 13.3. The first-order chi connectivity index (χ1) is 15.5. The third kappa shape index (κ3) is 4.29. The van der Waals surface area contributed by atoms with Crippen LogP contribution in [0, 0.1) is 15.4 Å². The Balaban J connectivity index is 1.33. The number of alkyl halides is 3. The summed E-state index contributed by atoms with van der Waals surface area (Å²) in [6.45, 7) is 0. The van der Waals surface area contributed by atoms with Gasteiger partial charge in [0.15, 0.2) is 0 Å². The van der Waals surface area contributed by atoms with Gasteiger partial charge in [0.1, 0.15) is 0 Å². The number of halogens is 4. The summed E-state index contributed by atoms with van der Waals surface area (Å²) in [6.07, 6.45) is -2.65. The zero-order valence-corrected chi connectivity index (χ0v) is 18.5. The van der Waals surface area contributed by atoms with E-state index in [2.05, 4.69) is 32.7 Å². The van der Waals surface area contributed by atoms with Crippen LogP contribution in [0.25, 0.3) is 10.9 Å². The van der Waals surface area contributed by atoms with E-state index in [0.29, 0.717) is 5.82 Å². The third-order valence-electron chi connectivity index (χ3n) is 4.81. The number of aromatic nitrogens is 2. The molecular weight excluding hydrogens is 528 g/mol. The summed E-state index contributed by atoms with van der Waals surface area (Å²) < 4.78 is 42.8. The van der Waals surface area contributed by atoms with Crippen LogP contribution in [0.15, 0.2) is 76.8 Å². The Kier molecular flexibility index (Phi) is 5.27. The monoisotopic (exact) mass is 543 g/mol. The molecule has 0 atom stereocenters. The van der Waals surface area contributed by atoms with Crippen LogP contribution < -0.4 is 31.8 Å². The average molecular weight is 543 g/mol. The van der Waals surface area contributed by atoms with Gasteiger partial charge in [-0.3, -0.25) is 0 Å². The molecule has 0 saturated carbocycles. The first-order valence-corrected chi connectivity index (χ1v) is 11.9. The third-order valence-corrected chi connectivity index (χ3v) is 7.31. The first-order valence-electron chi connectivity index (χ1n) is 9.59. The summed E-state index contributed by atoms with van der Waals surface area (Å²) in [6, 6.07) is 17.2. The summed E-state index contributed by atoms with van der Waals surface area (Å²) in [5.41, 5.74) is 2.95. The maximum atomic E-state index is 13.3. The predicted molar refractivity (Wildman–Crippen MR) is 114 cm³/mol. The molecule has 4 nitrogen and oxygen atoms in total. The molecule has 4 aromatic rings. The molecule has 1 aliphatic rings. The van der Waals surface area contributed by atoms with Gasteiger partial charge in [-0.15, -0.1) is 0 Å². The van der Waals surface area contributed by atoms with Crippen molar-refractivity contribution in [3.05, 3.63) is 97.0 Å². The van der Waals surface area contributed by atoms with E-state index in [1.165, 1.54) is 12.1 Å². The molecule has 0 spiro atoms. The zero-order chi connectivity index (χ0) is 22.1. The Hall–Kier alpha value is -3.45. The van der Waals surface area contributed by atoms with Gasteiger partial charge in [-0.1, -0.05) is 0 Å². The fourth-order valence-corrected chi connectivity index (χ4v) is 5.40. The van der Waals surface area contributed by atoms with E-state index in [-0.39, 0.29) is 5.69 Å². The van der Waals surface area contributed by atoms with Gasteiger partial charge in [0.05, 0.1) is 0 Å². The van der Waals surface area contributed by atoms with Crippen LogP contribution in [-0.2, 0) is 6.18 Å². The Morgan fingerprint density at radius 1 is 0.938 bits per heavy atom. The van der Waals surface area contributed by atoms with Crippen molar-refractivity contribution in [3.63, 3.8) is 0 Å². The zero-order valence-electron chi connectivity index (χ0n) is 16.4. The standard InChI is InChI=1S/C24H15F3IN4/c25-24(26,27)18-3-1-2-4-20(18)30-23-13-28-19-11-15(8-10-21(19)31-23)5-6-16-7-9-17-14-29-32-22(17)12-16/h1-4,7-14,30-31H,(H,29,32)/q-1. The molecule has 3 aromatic carbocycles. The van der Waals surface area contributed by atoms with Gasteiger partial charge in [-0.25, -0.2) is 0 Å². The molecule has 0 amide bonds. The van der Waals surface area contributed by atoms with Crippen molar-refractivity contribution in [1.29, 1.82) is 0 Å². The number of hydrogen-bond donors (Lipinski definition) is 3. The van der Waals surface area contributed by atoms with Gasteiger partial charge >= 0.3 is 193 Å². The molecule has 3 N–H and O–H groups in total. The minimum atomic E-state index is -4.42. The quantitative estimate of drug-likeness (QED) is 0.269. The molecule has 32 heavy (non-hydrogen) atoms. The number of para-hydroxylation sites is 1. The van der Waals surface area contributed by atoms with E-state index in [4.69, 9.17) is 0 Å². The molecule has 2 heterocycles. The van der Waals surface area contributed by atoms with Crippen LogP contribution in [0.2, 0.25) is 0 Å². The number of rotatable bonds is 2. The number of aromatic amines is 1. The van der Waals surface area contributed by atoms with Crippen LogP contribution in [0.1, 0.15) is 16.7 Å². The molecule has 5 rings (SSSR count). The van der Waals surface area contributed by atoms with Crippen molar-refractivity contribution in [2.45, 2.75) is 6.18 Å². The fourth-order valence-electron chi connectivity index (χ4n) is 3.27. The second kappa shape index (κ2) is 8.24. The average Bonchev–Trinajstić information content (AvgIpc) is 3.25. The molecule has 0 radical (unpaired) electrons. The molecular formula is C24H15F3IN4-. The number of nitrogens with one attached hydrogen (secondary N) is 3. The molecule has 0 aliphatic carbocycles. The van der Waals surface area contributed by atoms with Gasteiger partial charge < -0.3 is 0 Å². The van der Waals surface area contributed by atoms with Crippen molar-refractivity contribution < 1.29 is 34.4 Å². The number of H-pyrrole nitrogens is 1. The van der Waals surface area contributed by atoms with E-state index in [0.717, 1.165) is 37.4 Å². The molecule has 8 heteroatoms. The van der Waals surface area contributed by atoms with E-state index in [1.807, 2.05) is 40.5 Å². The number of fused-ring (bicyclic) bond motifs is 2. The van der Waals surface area contributed by atoms with E-state index in [1.54, 1.807) is 12.3 Å². The van der Waals surface area contributed by atoms with Gasteiger partial charge in [0.2, 0.25) is 0 Å². The van der Waals surface area contributed by atoms with E-state index < -0.39 is 32.9 Å². The Bertz CT molecular complexity index is 1410. The van der Waals surface area contributed by atoms with Gasteiger partial charge in [-0.2, -0.15) is 0 Å². The molecule has 0 unspecified atom stereocenters. The van der Waals surface area contributed by atoms with Crippen molar-refractivity contribution in [2.24, 2.45) is 0 Å². The van der Waals surface area contributed by atoms with E-state index in [9.17, 15) is 13.2 Å². The van der Waals surface area contributed by atoms with Crippen LogP contribution in [0.4, 0.5) is 24.5 Å². The second-order valence-electron chi connectivity index (χ2n) is 7.04. The molecule has 0 fully saturated rings. The predicted octanol–water partition coefficient (Wildman–Crippen LogP) is 2.58. The van der Waals surface area contributed by atoms with Crippen molar-refractivity contribution in [3.8, 4) is 11.8 Å². The summed E-state index contributed by atoms with van der Waals surface area (Å²) >= 11 is -0.532. The van der Waals surface area contributed by atoms with E-state index >= 15 is 0 Å². The summed E-state index contributed by atoms with van der Waals surface area (Å²) in [7, 11) is 0. The molecule has 1 aliphatic heterocycles. The van der Waals surface area contributed by atoms with Crippen molar-refractivity contribution in [1.82, 2.24) is 10.2 Å². The fraction of sp³-hybridized carbons (Fsp3) is 0.0417. The SMILES string of the molecule is FC(F)(F)c1ccccc1NC1=C[I-]c2cc(C#Cc3ccc4cn[nH]c4c3)ccc2N1. The molecule has 160 valence electrons. The van der Waals surface area contributed by atoms with Gasteiger partial charge in [-0.05, 0) is 0 Å². The van der Waals surface area contributed by atoms with Gasteiger partial charge in [0.25, 0.3) is 0 Å². The Labute approximate surface area is 192 Å². The van der Waals surface area contributed by atoms with Crippen LogP contribution in [0.5, 0.6) is 0 Å². The van der Waals surface area contributed by atoms with Crippen molar-refractivity contribution >= 4 is 22.3 Å². The molecule has 0 bridgehead atoms. The number of anilines is 2. The molecule has 0 saturated heterocycles. The minimum absolute atomic E-state index is 0.0305. The Morgan fingerprint density at radius 2 is 1.72 bits per heavy atom. The number of hydrogen-bond acceptors (Lipinski definition) is 3. The topological polar surface area (TPSA) is 52.7 Å². The molecule has 1 aromatic heterocycles. The first kappa shape index (κ1) is 20.5. The normalized spacial score (nSPS) is 13.2. The van der Waals surface area contributed by atoms with Gasteiger partial charge in [0, 0.05) is 0 Å². The summed E-state index contributed by atoms with van der Waals surface area (Å²) in [5, 5.41) is 14.1.